The van der Waals surface area contributed by atoms with Crippen molar-refractivity contribution in [3.8, 4) is 11.5 Å². The molecule has 3 aromatic rings. The number of aromatic nitrogens is 4. The molecule has 0 saturated heterocycles. The van der Waals surface area contributed by atoms with Crippen LogP contribution in [0.4, 0.5) is 11.8 Å². The van der Waals surface area contributed by atoms with Crippen LogP contribution in [0, 0.1) is 5.92 Å². The van der Waals surface area contributed by atoms with Crippen LogP contribution in [0.3, 0.4) is 0 Å². The van der Waals surface area contributed by atoms with Crippen molar-refractivity contribution in [2.75, 3.05) is 24.3 Å². The summed E-state index contributed by atoms with van der Waals surface area (Å²) in [5, 5.41) is 27.1. The quantitative estimate of drug-likeness (QED) is 0.337. The van der Waals surface area contributed by atoms with Crippen LogP contribution in [0.25, 0.3) is 11.2 Å². The molecule has 0 aliphatic heterocycles. The van der Waals surface area contributed by atoms with E-state index in [0.717, 1.165) is 18.5 Å². The number of aliphatic hydroxyl groups is 1. The number of phenols is 1. The minimum absolute atomic E-state index is 0.00844. The van der Waals surface area contributed by atoms with Crippen molar-refractivity contribution >= 4 is 22.9 Å². The molecule has 2 heterocycles. The number of nitrogens with one attached hydrogen (secondary N) is 2. The highest BCUT2D eigenvalue weighted by molar-refractivity contribution is 5.84. The Balaban J connectivity index is 1.96. The van der Waals surface area contributed by atoms with Crippen molar-refractivity contribution in [1.82, 2.24) is 19.5 Å². The maximum Gasteiger partial charge on any atom is 0.226 e. The van der Waals surface area contributed by atoms with Crippen LogP contribution in [0.1, 0.15) is 59.1 Å². The summed E-state index contributed by atoms with van der Waals surface area (Å²) in [4.78, 5) is 14.0. The fourth-order valence-electron chi connectivity index (χ4n) is 3.57. The Labute approximate surface area is 195 Å². The molecule has 1 aromatic carbocycles. The number of rotatable bonds is 11. The zero-order valence-corrected chi connectivity index (χ0v) is 20.4. The van der Waals surface area contributed by atoms with Gasteiger partial charge in [-0.1, -0.05) is 20.8 Å². The van der Waals surface area contributed by atoms with Crippen molar-refractivity contribution in [2.45, 2.75) is 65.6 Å². The van der Waals surface area contributed by atoms with Crippen molar-refractivity contribution in [3.05, 3.63) is 30.1 Å². The number of imidazole rings is 1. The van der Waals surface area contributed by atoms with Crippen LogP contribution >= 0.6 is 0 Å². The number of benzene rings is 1. The van der Waals surface area contributed by atoms with Crippen LogP contribution in [0.15, 0.2) is 24.5 Å². The number of hydrogen-bond acceptors (Lipinski definition) is 8. The normalized spacial score (nSPS) is 12.8. The number of ether oxygens (including phenoxy) is 1. The average molecular weight is 457 g/mol. The first kappa shape index (κ1) is 24.6. The summed E-state index contributed by atoms with van der Waals surface area (Å²) in [6.07, 6.45) is 3.74. The van der Waals surface area contributed by atoms with Gasteiger partial charge in [0.15, 0.2) is 17.0 Å². The number of hydrogen-bond donors (Lipinski definition) is 4. The minimum atomic E-state index is -0.820. The van der Waals surface area contributed by atoms with Gasteiger partial charge in [0.05, 0.1) is 19.0 Å². The average Bonchev–Trinajstić information content (AvgIpc) is 3.21. The van der Waals surface area contributed by atoms with Crippen molar-refractivity contribution in [3.63, 3.8) is 0 Å². The van der Waals surface area contributed by atoms with Gasteiger partial charge in [0.25, 0.3) is 0 Å². The van der Waals surface area contributed by atoms with Crippen LogP contribution in [0.5, 0.6) is 11.5 Å². The van der Waals surface area contributed by atoms with Gasteiger partial charge in [-0.25, -0.2) is 4.98 Å². The van der Waals surface area contributed by atoms with Crippen molar-refractivity contribution in [2.24, 2.45) is 5.92 Å². The molecule has 9 heteroatoms. The number of aromatic hydroxyl groups is 1. The second kappa shape index (κ2) is 10.2. The molecule has 180 valence electrons. The van der Waals surface area contributed by atoms with Gasteiger partial charge < -0.3 is 30.2 Å². The van der Waals surface area contributed by atoms with E-state index >= 15 is 0 Å². The molecule has 0 radical (unpaired) electrons. The second-order valence-electron chi connectivity index (χ2n) is 8.97. The van der Waals surface area contributed by atoms with Crippen LogP contribution in [-0.2, 0) is 6.54 Å². The van der Waals surface area contributed by atoms with Gasteiger partial charge >= 0.3 is 0 Å². The molecule has 0 bridgehead atoms. The molecule has 33 heavy (non-hydrogen) atoms. The van der Waals surface area contributed by atoms with Gasteiger partial charge in [-0.15, -0.1) is 0 Å². The SMILES string of the molecule is CCC(CC)n1cnc2c(NCc3cc(OC)ccc3O)nc(NCC(C)C(C)(C)O)nc21. The maximum atomic E-state index is 10.3. The van der Waals surface area contributed by atoms with Gasteiger partial charge in [-0.3, -0.25) is 0 Å². The Bertz CT molecular complexity index is 1070. The number of nitrogens with zero attached hydrogens (tertiary/aromatic N) is 4. The third kappa shape index (κ3) is 5.65. The first-order chi connectivity index (χ1) is 15.7. The number of anilines is 2. The van der Waals surface area contributed by atoms with E-state index in [1.54, 1.807) is 39.2 Å². The first-order valence-corrected chi connectivity index (χ1v) is 11.5. The van der Waals surface area contributed by atoms with Crippen LogP contribution < -0.4 is 15.4 Å². The van der Waals surface area contributed by atoms with Crippen LogP contribution in [-0.4, -0.2) is 49.0 Å². The fraction of sp³-hybridized carbons (Fsp3) is 0.542. The Morgan fingerprint density at radius 1 is 1.15 bits per heavy atom. The predicted molar refractivity (Wildman–Crippen MR) is 131 cm³/mol. The molecular weight excluding hydrogens is 420 g/mol. The number of phenolic OH excluding ortho intramolecular Hbond substituents is 1. The van der Waals surface area contributed by atoms with E-state index in [0.29, 0.717) is 41.7 Å². The molecule has 1 atom stereocenters. The summed E-state index contributed by atoms with van der Waals surface area (Å²) >= 11 is 0. The van der Waals surface area contributed by atoms with Crippen molar-refractivity contribution in [1.29, 1.82) is 0 Å². The summed E-state index contributed by atoms with van der Waals surface area (Å²) in [5.74, 6) is 1.87. The first-order valence-electron chi connectivity index (χ1n) is 11.5. The standard InChI is InChI=1S/C24H36N6O3/c1-7-17(8-2)30-14-27-20-21(25-13-16-11-18(33-6)9-10-19(16)31)28-23(29-22(20)30)26-12-15(3)24(4,5)32/h9-11,14-15,17,31-32H,7-8,12-13H2,1-6H3,(H2,25,26,28,29). The second-order valence-corrected chi connectivity index (χ2v) is 8.97. The van der Waals surface area contributed by atoms with Crippen LogP contribution in [0.2, 0.25) is 0 Å². The topological polar surface area (TPSA) is 117 Å². The van der Waals surface area contributed by atoms with E-state index in [2.05, 4.69) is 39.0 Å². The molecule has 9 nitrogen and oxygen atoms in total. The molecule has 4 N–H and O–H groups in total. The van der Waals surface area contributed by atoms with Gasteiger partial charge in [0.2, 0.25) is 5.95 Å². The van der Waals surface area contributed by atoms with Gasteiger partial charge in [-0.2, -0.15) is 9.97 Å². The van der Waals surface area contributed by atoms with Crippen molar-refractivity contribution < 1.29 is 14.9 Å². The monoisotopic (exact) mass is 456 g/mol. The lowest BCUT2D eigenvalue weighted by Crippen LogP contribution is -2.33. The molecule has 0 spiro atoms. The summed E-state index contributed by atoms with van der Waals surface area (Å²) in [6.45, 7) is 10.7. The molecule has 0 saturated carbocycles. The van der Waals surface area contributed by atoms with E-state index in [-0.39, 0.29) is 17.7 Å². The lowest BCUT2D eigenvalue weighted by molar-refractivity contribution is 0.0303. The van der Waals surface area contributed by atoms with E-state index in [1.807, 2.05) is 13.3 Å². The Hall–Kier alpha value is -3.07. The third-order valence-electron chi connectivity index (χ3n) is 6.26. The third-order valence-corrected chi connectivity index (χ3v) is 6.26. The molecule has 1 unspecified atom stereocenters. The zero-order valence-electron chi connectivity index (χ0n) is 20.4. The van der Waals surface area contributed by atoms with Gasteiger partial charge in [-0.05, 0) is 44.9 Å². The maximum absolute atomic E-state index is 10.3. The molecule has 0 aliphatic rings. The molecule has 2 aromatic heterocycles. The largest absolute Gasteiger partial charge is 0.508 e. The van der Waals surface area contributed by atoms with E-state index in [1.165, 1.54) is 0 Å². The summed E-state index contributed by atoms with van der Waals surface area (Å²) in [7, 11) is 1.59. The summed E-state index contributed by atoms with van der Waals surface area (Å²) < 4.78 is 7.37. The van der Waals surface area contributed by atoms with E-state index in [4.69, 9.17) is 9.72 Å². The fourth-order valence-corrected chi connectivity index (χ4v) is 3.57. The predicted octanol–water partition coefficient (Wildman–Crippen LogP) is 4.33. The minimum Gasteiger partial charge on any atom is -0.508 e. The van der Waals surface area contributed by atoms with E-state index < -0.39 is 5.60 Å². The van der Waals surface area contributed by atoms with Gasteiger partial charge in [0.1, 0.15) is 11.5 Å². The summed E-state index contributed by atoms with van der Waals surface area (Å²) in [5.41, 5.74) is 1.28. The lowest BCUT2D eigenvalue weighted by Gasteiger charge is -2.26. The highest BCUT2D eigenvalue weighted by Crippen LogP contribution is 2.28. The molecule has 0 amide bonds. The molecular formula is C24H36N6O3. The lowest BCUT2D eigenvalue weighted by atomic mass is 9.93. The van der Waals surface area contributed by atoms with E-state index in [9.17, 15) is 10.2 Å². The highest BCUT2D eigenvalue weighted by atomic mass is 16.5. The summed E-state index contributed by atoms with van der Waals surface area (Å²) in [6, 6.07) is 5.39. The Morgan fingerprint density at radius 2 is 1.88 bits per heavy atom. The Kier molecular flexibility index (Phi) is 7.63. The number of methoxy groups -OCH3 is 1. The number of fused-ring (bicyclic) bond motifs is 1. The highest BCUT2D eigenvalue weighted by Gasteiger charge is 2.23. The molecule has 0 aliphatic carbocycles. The Morgan fingerprint density at radius 3 is 2.52 bits per heavy atom. The van der Waals surface area contributed by atoms with Gasteiger partial charge in [0, 0.05) is 30.6 Å². The smallest absolute Gasteiger partial charge is 0.226 e. The molecule has 0 fully saturated rings. The zero-order chi connectivity index (χ0) is 24.2. The molecule has 3 rings (SSSR count).